The van der Waals surface area contributed by atoms with Crippen LogP contribution in [0.5, 0.6) is 0 Å². The Morgan fingerprint density at radius 2 is 1.78 bits per heavy atom. The molecule has 2 heterocycles. The van der Waals surface area contributed by atoms with Gasteiger partial charge < -0.3 is 15.1 Å². The molecule has 0 bridgehead atoms. The molecule has 0 spiro atoms. The van der Waals surface area contributed by atoms with Gasteiger partial charge in [0.05, 0.1) is 5.69 Å². The molecule has 0 saturated carbocycles. The summed E-state index contributed by atoms with van der Waals surface area (Å²) in [6.07, 6.45) is 1.95. The molecular formula is C21H32N6. The van der Waals surface area contributed by atoms with Gasteiger partial charge in [-0.05, 0) is 25.0 Å². The van der Waals surface area contributed by atoms with E-state index in [1.54, 1.807) is 0 Å². The van der Waals surface area contributed by atoms with Gasteiger partial charge in [-0.25, -0.2) is 0 Å². The molecule has 146 valence electrons. The third-order valence-corrected chi connectivity index (χ3v) is 5.36. The molecule has 6 heteroatoms. The molecule has 1 N–H and O–H groups in total. The molecule has 0 radical (unpaired) electrons. The lowest BCUT2D eigenvalue weighted by molar-refractivity contribution is 0.372. The molecule has 1 fully saturated rings. The molecule has 0 unspecified atom stereocenters. The van der Waals surface area contributed by atoms with E-state index < -0.39 is 0 Å². The lowest BCUT2D eigenvalue weighted by Gasteiger charge is -2.37. The number of nitrogens with zero attached hydrogens (tertiary/aromatic N) is 5. The zero-order chi connectivity index (χ0) is 19.2. The number of aromatic nitrogens is 2. The summed E-state index contributed by atoms with van der Waals surface area (Å²) in [5, 5.41) is 8.25. The van der Waals surface area contributed by atoms with Crippen molar-refractivity contribution in [2.24, 2.45) is 12.0 Å². The smallest absolute Gasteiger partial charge is 0.194 e. The average molecular weight is 369 g/mol. The highest BCUT2D eigenvalue weighted by Crippen LogP contribution is 2.17. The summed E-state index contributed by atoms with van der Waals surface area (Å²) in [4.78, 5) is 9.32. The number of piperazine rings is 1. The van der Waals surface area contributed by atoms with E-state index in [1.165, 1.54) is 22.6 Å². The van der Waals surface area contributed by atoms with E-state index in [-0.39, 0.29) is 0 Å². The molecule has 2 aromatic rings. The number of aryl methyl sites for hydroxylation is 2. The normalized spacial score (nSPS) is 15.3. The van der Waals surface area contributed by atoms with Crippen LogP contribution in [0, 0.1) is 0 Å². The highest BCUT2D eigenvalue weighted by atomic mass is 15.3. The van der Waals surface area contributed by atoms with Crippen LogP contribution in [0.15, 0.2) is 35.3 Å². The van der Waals surface area contributed by atoms with E-state index in [0.717, 1.165) is 51.5 Å². The van der Waals surface area contributed by atoms with Crippen LogP contribution in [0.25, 0.3) is 0 Å². The van der Waals surface area contributed by atoms with Crippen LogP contribution >= 0.6 is 0 Å². The van der Waals surface area contributed by atoms with E-state index in [9.17, 15) is 0 Å². The SMILES string of the molecule is CCc1nn(C)c(CC)c1CNC(=NC)N1CCN(c2ccccc2)CC1. The summed E-state index contributed by atoms with van der Waals surface area (Å²) in [7, 11) is 3.91. The van der Waals surface area contributed by atoms with Gasteiger partial charge in [0.2, 0.25) is 0 Å². The summed E-state index contributed by atoms with van der Waals surface area (Å²) in [6, 6.07) is 10.6. The summed E-state index contributed by atoms with van der Waals surface area (Å²) < 4.78 is 2.03. The quantitative estimate of drug-likeness (QED) is 0.651. The summed E-state index contributed by atoms with van der Waals surface area (Å²) in [6.45, 7) is 9.12. The average Bonchev–Trinajstić information content (AvgIpc) is 3.04. The van der Waals surface area contributed by atoms with Crippen LogP contribution in [0.2, 0.25) is 0 Å². The first-order valence-electron chi connectivity index (χ1n) is 9.97. The maximum absolute atomic E-state index is 4.68. The number of hydrogen-bond acceptors (Lipinski definition) is 3. The monoisotopic (exact) mass is 368 g/mol. The Kier molecular flexibility index (Phi) is 6.37. The Hall–Kier alpha value is -2.50. The fraction of sp³-hybridized carbons (Fsp3) is 0.524. The molecule has 1 aliphatic heterocycles. The van der Waals surface area contributed by atoms with Crippen LogP contribution in [-0.2, 0) is 26.4 Å². The van der Waals surface area contributed by atoms with E-state index in [1.807, 2.05) is 18.8 Å². The van der Waals surface area contributed by atoms with Crippen LogP contribution < -0.4 is 10.2 Å². The Labute approximate surface area is 162 Å². The predicted octanol–water partition coefficient (Wildman–Crippen LogP) is 2.44. The first kappa shape index (κ1) is 19.3. The van der Waals surface area contributed by atoms with Gasteiger partial charge in [0.15, 0.2) is 5.96 Å². The molecule has 0 atom stereocenters. The topological polar surface area (TPSA) is 48.7 Å². The molecule has 1 aromatic heterocycles. The molecule has 0 amide bonds. The zero-order valence-corrected chi connectivity index (χ0v) is 17.1. The molecule has 3 rings (SSSR count). The van der Waals surface area contributed by atoms with Crippen LogP contribution in [-0.4, -0.2) is 53.9 Å². The second kappa shape index (κ2) is 8.93. The van der Waals surface area contributed by atoms with Crippen molar-refractivity contribution in [3.63, 3.8) is 0 Å². The molecule has 6 nitrogen and oxygen atoms in total. The number of guanidine groups is 1. The standard InChI is InChI=1S/C21H32N6/c1-5-19-18(20(6-2)25(4)24-19)16-23-21(22-3)27-14-12-26(13-15-27)17-10-8-7-9-11-17/h7-11H,5-6,12-16H2,1-4H3,(H,22,23). The second-order valence-electron chi connectivity index (χ2n) is 6.91. The number of rotatable bonds is 5. The van der Waals surface area contributed by atoms with Crippen molar-refractivity contribution in [3.8, 4) is 0 Å². The van der Waals surface area contributed by atoms with Crippen molar-refractivity contribution in [2.45, 2.75) is 33.2 Å². The molecule has 1 aromatic carbocycles. The van der Waals surface area contributed by atoms with Crippen LogP contribution in [0.3, 0.4) is 0 Å². The fourth-order valence-electron chi connectivity index (χ4n) is 3.91. The van der Waals surface area contributed by atoms with Crippen molar-refractivity contribution in [1.29, 1.82) is 0 Å². The zero-order valence-electron chi connectivity index (χ0n) is 17.1. The van der Waals surface area contributed by atoms with Crippen molar-refractivity contribution in [1.82, 2.24) is 20.0 Å². The van der Waals surface area contributed by atoms with Gasteiger partial charge in [-0.2, -0.15) is 5.10 Å². The summed E-state index contributed by atoms with van der Waals surface area (Å²) in [5.74, 6) is 0.982. The minimum absolute atomic E-state index is 0.783. The summed E-state index contributed by atoms with van der Waals surface area (Å²) in [5.41, 5.74) is 5.12. The predicted molar refractivity (Wildman–Crippen MR) is 112 cm³/mol. The van der Waals surface area contributed by atoms with Crippen molar-refractivity contribution in [2.75, 3.05) is 38.1 Å². The van der Waals surface area contributed by atoms with E-state index in [4.69, 9.17) is 0 Å². The number of nitrogens with one attached hydrogen (secondary N) is 1. The van der Waals surface area contributed by atoms with Gasteiger partial charge >= 0.3 is 0 Å². The fourth-order valence-corrected chi connectivity index (χ4v) is 3.91. The maximum Gasteiger partial charge on any atom is 0.194 e. The minimum Gasteiger partial charge on any atom is -0.368 e. The first-order valence-corrected chi connectivity index (χ1v) is 9.97. The van der Waals surface area contributed by atoms with E-state index in [0.29, 0.717) is 0 Å². The van der Waals surface area contributed by atoms with E-state index in [2.05, 4.69) is 69.4 Å². The Balaban J connectivity index is 1.61. The highest BCUT2D eigenvalue weighted by Gasteiger charge is 2.21. The lowest BCUT2D eigenvalue weighted by atomic mass is 10.1. The van der Waals surface area contributed by atoms with Gasteiger partial charge in [0, 0.05) is 63.8 Å². The van der Waals surface area contributed by atoms with Crippen LogP contribution in [0.1, 0.15) is 30.8 Å². The summed E-state index contributed by atoms with van der Waals surface area (Å²) >= 11 is 0. The maximum atomic E-state index is 4.68. The number of anilines is 1. The number of benzene rings is 1. The van der Waals surface area contributed by atoms with Crippen LogP contribution in [0.4, 0.5) is 5.69 Å². The van der Waals surface area contributed by atoms with Gasteiger partial charge in [0.25, 0.3) is 0 Å². The second-order valence-corrected chi connectivity index (χ2v) is 6.91. The third-order valence-electron chi connectivity index (χ3n) is 5.36. The number of aliphatic imine (C=N–C) groups is 1. The largest absolute Gasteiger partial charge is 0.368 e. The van der Waals surface area contributed by atoms with Crippen molar-refractivity contribution < 1.29 is 0 Å². The first-order chi connectivity index (χ1) is 13.2. The van der Waals surface area contributed by atoms with Crippen molar-refractivity contribution in [3.05, 3.63) is 47.3 Å². The van der Waals surface area contributed by atoms with Gasteiger partial charge in [0.1, 0.15) is 0 Å². The molecule has 1 aliphatic rings. The molecular weight excluding hydrogens is 336 g/mol. The lowest BCUT2D eigenvalue weighted by Crippen LogP contribution is -2.52. The van der Waals surface area contributed by atoms with Gasteiger partial charge in [-0.3, -0.25) is 9.67 Å². The number of hydrogen-bond donors (Lipinski definition) is 1. The highest BCUT2D eigenvalue weighted by molar-refractivity contribution is 5.80. The molecule has 0 aliphatic carbocycles. The Morgan fingerprint density at radius 1 is 1.07 bits per heavy atom. The van der Waals surface area contributed by atoms with Gasteiger partial charge in [-0.1, -0.05) is 32.0 Å². The van der Waals surface area contributed by atoms with Gasteiger partial charge in [-0.15, -0.1) is 0 Å². The molecule has 1 saturated heterocycles. The molecule has 27 heavy (non-hydrogen) atoms. The number of para-hydroxylation sites is 1. The third kappa shape index (κ3) is 4.26. The van der Waals surface area contributed by atoms with Crippen molar-refractivity contribution >= 4 is 11.6 Å². The van der Waals surface area contributed by atoms with E-state index >= 15 is 0 Å². The minimum atomic E-state index is 0.783. The Morgan fingerprint density at radius 3 is 2.37 bits per heavy atom. The Bertz CT molecular complexity index is 756.